The topological polar surface area (TPSA) is 47.7 Å². The first kappa shape index (κ1) is 12.9. The van der Waals surface area contributed by atoms with Gasteiger partial charge in [0.2, 0.25) is 0 Å². The number of hydrogen-bond acceptors (Lipinski definition) is 4. The van der Waals surface area contributed by atoms with Gasteiger partial charge in [0.25, 0.3) is 0 Å². The van der Waals surface area contributed by atoms with Crippen molar-refractivity contribution >= 4 is 0 Å². The highest BCUT2D eigenvalue weighted by Crippen LogP contribution is 2.38. The molecule has 18 heavy (non-hydrogen) atoms. The third-order valence-electron chi connectivity index (χ3n) is 4.94. The van der Waals surface area contributed by atoms with E-state index in [-0.39, 0.29) is 5.79 Å². The smallest absolute Gasteiger partial charge is 0.168 e. The van der Waals surface area contributed by atoms with Gasteiger partial charge in [0.15, 0.2) is 5.79 Å². The first-order valence-electron chi connectivity index (χ1n) is 7.57. The van der Waals surface area contributed by atoms with Crippen molar-refractivity contribution in [2.24, 2.45) is 5.73 Å². The SMILES string of the molecule is NCC1CCCCN1C1CCC2(CC1)OCCO2. The molecule has 3 fully saturated rings. The van der Waals surface area contributed by atoms with E-state index in [0.717, 1.165) is 32.6 Å². The Hall–Kier alpha value is -0.160. The van der Waals surface area contributed by atoms with Crippen LogP contribution in [-0.2, 0) is 9.47 Å². The van der Waals surface area contributed by atoms with Crippen LogP contribution in [0.15, 0.2) is 0 Å². The third kappa shape index (κ3) is 2.44. The second-order valence-corrected chi connectivity index (χ2v) is 5.96. The number of hydrogen-bond donors (Lipinski definition) is 1. The van der Waals surface area contributed by atoms with Gasteiger partial charge >= 0.3 is 0 Å². The van der Waals surface area contributed by atoms with Gasteiger partial charge in [-0.15, -0.1) is 0 Å². The highest BCUT2D eigenvalue weighted by atomic mass is 16.7. The molecule has 0 aromatic carbocycles. The molecule has 0 amide bonds. The van der Waals surface area contributed by atoms with Crippen LogP contribution >= 0.6 is 0 Å². The molecule has 4 heteroatoms. The van der Waals surface area contributed by atoms with Gasteiger partial charge in [0.1, 0.15) is 0 Å². The highest BCUT2D eigenvalue weighted by molar-refractivity contribution is 4.90. The van der Waals surface area contributed by atoms with E-state index in [0.29, 0.717) is 12.1 Å². The molecule has 1 unspecified atom stereocenters. The average Bonchev–Trinajstić information content (AvgIpc) is 2.88. The molecule has 1 spiro atoms. The minimum atomic E-state index is -0.218. The van der Waals surface area contributed by atoms with Crippen molar-refractivity contribution in [1.82, 2.24) is 4.90 Å². The number of rotatable bonds is 2. The molecule has 0 radical (unpaired) electrons. The molecule has 104 valence electrons. The summed E-state index contributed by atoms with van der Waals surface area (Å²) in [7, 11) is 0. The Kier molecular flexibility index (Phi) is 3.89. The van der Waals surface area contributed by atoms with Gasteiger partial charge in [-0.05, 0) is 32.2 Å². The van der Waals surface area contributed by atoms with Crippen LogP contribution < -0.4 is 5.73 Å². The van der Waals surface area contributed by atoms with Gasteiger partial charge in [-0.2, -0.15) is 0 Å². The number of nitrogens with zero attached hydrogens (tertiary/aromatic N) is 1. The van der Waals surface area contributed by atoms with E-state index in [2.05, 4.69) is 4.90 Å². The van der Waals surface area contributed by atoms with Crippen LogP contribution in [0.4, 0.5) is 0 Å². The lowest BCUT2D eigenvalue weighted by Crippen LogP contribution is -2.52. The van der Waals surface area contributed by atoms with Crippen molar-refractivity contribution in [3.63, 3.8) is 0 Å². The minimum absolute atomic E-state index is 0.218. The molecule has 2 N–H and O–H groups in total. The largest absolute Gasteiger partial charge is 0.348 e. The molecule has 0 bridgehead atoms. The quantitative estimate of drug-likeness (QED) is 0.811. The van der Waals surface area contributed by atoms with E-state index in [1.165, 1.54) is 38.6 Å². The predicted molar refractivity (Wildman–Crippen MR) is 70.3 cm³/mol. The van der Waals surface area contributed by atoms with Gasteiger partial charge in [0.05, 0.1) is 13.2 Å². The lowest BCUT2D eigenvalue weighted by Gasteiger charge is -2.45. The highest BCUT2D eigenvalue weighted by Gasteiger charge is 2.42. The summed E-state index contributed by atoms with van der Waals surface area (Å²) in [4.78, 5) is 2.67. The van der Waals surface area contributed by atoms with Crippen LogP contribution in [0.3, 0.4) is 0 Å². The maximum atomic E-state index is 5.92. The molecule has 2 aliphatic heterocycles. The molecular weight excluding hydrogens is 228 g/mol. The molecule has 3 aliphatic rings. The van der Waals surface area contributed by atoms with Gasteiger partial charge < -0.3 is 15.2 Å². The molecule has 1 aliphatic carbocycles. The lowest BCUT2D eigenvalue weighted by molar-refractivity contribution is -0.185. The van der Waals surface area contributed by atoms with Crippen molar-refractivity contribution in [2.45, 2.75) is 62.8 Å². The Balaban J connectivity index is 1.57. The second-order valence-electron chi connectivity index (χ2n) is 5.96. The molecule has 0 aromatic heterocycles. The Labute approximate surface area is 110 Å². The van der Waals surface area contributed by atoms with Gasteiger partial charge in [-0.25, -0.2) is 0 Å². The Morgan fingerprint density at radius 3 is 2.44 bits per heavy atom. The van der Waals surface area contributed by atoms with E-state index in [1.54, 1.807) is 0 Å². The fourth-order valence-electron chi connectivity index (χ4n) is 3.92. The van der Waals surface area contributed by atoms with Crippen molar-refractivity contribution < 1.29 is 9.47 Å². The summed E-state index contributed by atoms with van der Waals surface area (Å²) >= 11 is 0. The van der Waals surface area contributed by atoms with Gasteiger partial charge in [-0.1, -0.05) is 6.42 Å². The molecule has 1 atom stereocenters. The van der Waals surface area contributed by atoms with Crippen LogP contribution in [0.25, 0.3) is 0 Å². The summed E-state index contributed by atoms with van der Waals surface area (Å²) in [6, 6.07) is 1.32. The zero-order valence-corrected chi connectivity index (χ0v) is 11.3. The van der Waals surface area contributed by atoms with Crippen LogP contribution in [0, 0.1) is 0 Å². The number of ether oxygens (including phenoxy) is 2. The van der Waals surface area contributed by atoms with Crippen LogP contribution in [0.2, 0.25) is 0 Å². The molecule has 2 saturated heterocycles. The lowest BCUT2D eigenvalue weighted by atomic mass is 9.86. The summed E-state index contributed by atoms with van der Waals surface area (Å²) in [6.07, 6.45) is 8.50. The van der Waals surface area contributed by atoms with E-state index < -0.39 is 0 Å². The average molecular weight is 254 g/mol. The number of nitrogens with two attached hydrogens (primary N) is 1. The zero-order valence-electron chi connectivity index (χ0n) is 11.3. The van der Waals surface area contributed by atoms with E-state index >= 15 is 0 Å². The summed E-state index contributed by atoms with van der Waals surface area (Å²) in [6.45, 7) is 3.61. The van der Waals surface area contributed by atoms with Crippen LogP contribution in [0.1, 0.15) is 44.9 Å². The van der Waals surface area contributed by atoms with Gasteiger partial charge in [0, 0.05) is 31.5 Å². The number of piperidine rings is 1. The Morgan fingerprint density at radius 1 is 1.06 bits per heavy atom. The first-order valence-corrected chi connectivity index (χ1v) is 7.57. The summed E-state index contributed by atoms with van der Waals surface area (Å²) in [5, 5.41) is 0. The minimum Gasteiger partial charge on any atom is -0.348 e. The Morgan fingerprint density at radius 2 is 1.78 bits per heavy atom. The van der Waals surface area contributed by atoms with Gasteiger partial charge in [-0.3, -0.25) is 4.90 Å². The van der Waals surface area contributed by atoms with Crippen molar-refractivity contribution in [1.29, 1.82) is 0 Å². The maximum absolute atomic E-state index is 5.92. The Bertz CT molecular complexity index is 269. The van der Waals surface area contributed by atoms with E-state index in [4.69, 9.17) is 15.2 Å². The fraction of sp³-hybridized carbons (Fsp3) is 1.00. The fourth-order valence-corrected chi connectivity index (χ4v) is 3.92. The summed E-state index contributed by atoms with van der Waals surface area (Å²) in [5.74, 6) is -0.218. The van der Waals surface area contributed by atoms with Crippen molar-refractivity contribution in [3.8, 4) is 0 Å². The molecule has 0 aromatic rings. The van der Waals surface area contributed by atoms with Crippen LogP contribution in [-0.4, -0.2) is 49.1 Å². The first-order chi connectivity index (χ1) is 8.83. The van der Waals surface area contributed by atoms with E-state index in [9.17, 15) is 0 Å². The van der Waals surface area contributed by atoms with Crippen LogP contribution in [0.5, 0.6) is 0 Å². The third-order valence-corrected chi connectivity index (χ3v) is 4.94. The zero-order chi connectivity index (χ0) is 12.4. The van der Waals surface area contributed by atoms with Crippen molar-refractivity contribution in [2.75, 3.05) is 26.3 Å². The molecule has 4 nitrogen and oxygen atoms in total. The monoisotopic (exact) mass is 254 g/mol. The second kappa shape index (κ2) is 5.45. The summed E-state index contributed by atoms with van der Waals surface area (Å²) < 4.78 is 11.6. The molecule has 1 saturated carbocycles. The molecule has 2 heterocycles. The standard InChI is InChI=1S/C14H26N2O2/c15-11-13-3-1-2-8-16(13)12-4-6-14(7-5-12)17-9-10-18-14/h12-13H,1-11,15H2. The molecule has 3 rings (SSSR count). The predicted octanol–water partition coefficient (Wildman–Crippen LogP) is 1.49. The van der Waals surface area contributed by atoms with Crippen molar-refractivity contribution in [3.05, 3.63) is 0 Å². The molecular formula is C14H26N2O2. The summed E-state index contributed by atoms with van der Waals surface area (Å²) in [5.41, 5.74) is 5.92. The normalized spacial score (nSPS) is 34.2. The number of likely N-dealkylation sites (tertiary alicyclic amines) is 1. The maximum Gasteiger partial charge on any atom is 0.168 e. The van der Waals surface area contributed by atoms with E-state index in [1.807, 2.05) is 0 Å².